The topological polar surface area (TPSA) is 49.4 Å². The molecule has 1 saturated heterocycles. The fraction of sp³-hybridized carbons (Fsp3) is 1.00. The lowest BCUT2D eigenvalue weighted by atomic mass is 10.1. The Hall–Kier alpha value is -0.130. The summed E-state index contributed by atoms with van der Waals surface area (Å²) in [7, 11) is -2.98. The molecule has 0 unspecified atom stereocenters. The number of hydrogen-bond donors (Lipinski definition) is 1. The molecule has 0 atom stereocenters. The van der Waals surface area contributed by atoms with Crippen LogP contribution >= 0.6 is 0 Å². The maximum atomic E-state index is 11.4. The summed E-state index contributed by atoms with van der Waals surface area (Å²) in [5.74, 6) is 0. The highest BCUT2D eigenvalue weighted by Gasteiger charge is 2.24. The molecule has 0 aromatic rings. The Morgan fingerprint density at radius 2 is 1.63 bits per heavy atom. The molecule has 1 rings (SSSR count). The smallest absolute Gasteiger partial charge is 0.211 e. The van der Waals surface area contributed by atoms with E-state index < -0.39 is 10.0 Å². The summed E-state index contributed by atoms with van der Waals surface area (Å²) in [6.45, 7) is 4.67. The van der Waals surface area contributed by atoms with Crippen molar-refractivity contribution in [3.8, 4) is 0 Å². The summed E-state index contributed by atoms with van der Waals surface area (Å²) in [5.41, 5.74) is 0. The Kier molecular flexibility index (Phi) is 7.95. The molecule has 5 heteroatoms. The molecule has 1 fully saturated rings. The van der Waals surface area contributed by atoms with Crippen LogP contribution in [0.3, 0.4) is 0 Å². The number of nitrogens with one attached hydrogen (secondary N) is 1. The van der Waals surface area contributed by atoms with E-state index >= 15 is 0 Å². The molecule has 0 aromatic heterocycles. The number of unbranched alkanes of at least 4 members (excludes halogenated alkanes) is 5. The minimum absolute atomic E-state index is 0.508. The zero-order chi connectivity index (χ0) is 14.1. The van der Waals surface area contributed by atoms with Gasteiger partial charge in [0.05, 0.1) is 6.26 Å². The number of piperidine rings is 1. The summed E-state index contributed by atoms with van der Waals surface area (Å²) < 4.78 is 24.4. The minimum Gasteiger partial charge on any atom is -0.314 e. The maximum absolute atomic E-state index is 11.4. The van der Waals surface area contributed by atoms with Crippen molar-refractivity contribution in [3.63, 3.8) is 0 Å². The third kappa shape index (κ3) is 7.28. The fourth-order valence-corrected chi connectivity index (χ4v) is 3.48. The van der Waals surface area contributed by atoms with Crippen molar-refractivity contribution in [2.75, 3.05) is 25.9 Å². The van der Waals surface area contributed by atoms with Gasteiger partial charge in [0, 0.05) is 19.1 Å². The zero-order valence-electron chi connectivity index (χ0n) is 12.5. The van der Waals surface area contributed by atoms with Gasteiger partial charge in [0.15, 0.2) is 0 Å². The first-order valence-electron chi connectivity index (χ1n) is 7.72. The standard InChI is InChI=1S/C14H30N2O2S/c1-3-4-5-6-7-8-11-15-14-9-12-16(13-10-14)19(2,17)18/h14-15H,3-13H2,1-2H3. The van der Waals surface area contributed by atoms with Crippen LogP contribution in [0.2, 0.25) is 0 Å². The monoisotopic (exact) mass is 290 g/mol. The third-order valence-electron chi connectivity index (χ3n) is 3.89. The lowest BCUT2D eigenvalue weighted by Gasteiger charge is -2.30. The molecule has 1 aliphatic rings. The average Bonchev–Trinajstić information content (AvgIpc) is 2.37. The first kappa shape index (κ1) is 16.9. The van der Waals surface area contributed by atoms with Crippen LogP contribution < -0.4 is 5.32 Å². The fourth-order valence-electron chi connectivity index (χ4n) is 2.60. The van der Waals surface area contributed by atoms with Gasteiger partial charge >= 0.3 is 0 Å². The predicted octanol–water partition coefficient (Wildman–Crippen LogP) is 2.36. The first-order chi connectivity index (χ1) is 9.04. The molecule has 0 bridgehead atoms. The van der Waals surface area contributed by atoms with Crippen molar-refractivity contribution >= 4 is 10.0 Å². The highest BCUT2D eigenvalue weighted by atomic mass is 32.2. The first-order valence-corrected chi connectivity index (χ1v) is 9.57. The van der Waals surface area contributed by atoms with Gasteiger partial charge in [-0.15, -0.1) is 0 Å². The second kappa shape index (κ2) is 8.93. The van der Waals surface area contributed by atoms with Gasteiger partial charge < -0.3 is 5.32 Å². The summed E-state index contributed by atoms with van der Waals surface area (Å²) in [6.07, 6.45) is 11.1. The van der Waals surface area contributed by atoms with Crippen molar-refractivity contribution in [2.45, 2.75) is 64.3 Å². The molecular weight excluding hydrogens is 260 g/mol. The number of hydrogen-bond acceptors (Lipinski definition) is 3. The lowest BCUT2D eigenvalue weighted by molar-refractivity contribution is 0.290. The van der Waals surface area contributed by atoms with E-state index in [2.05, 4.69) is 12.2 Å². The zero-order valence-corrected chi connectivity index (χ0v) is 13.3. The number of sulfonamides is 1. The molecule has 0 aliphatic carbocycles. The Bertz CT molecular complexity index is 322. The van der Waals surface area contributed by atoms with Crippen LogP contribution in [0, 0.1) is 0 Å². The quantitative estimate of drug-likeness (QED) is 0.663. The summed E-state index contributed by atoms with van der Waals surface area (Å²) in [5, 5.41) is 3.56. The molecule has 0 amide bonds. The van der Waals surface area contributed by atoms with E-state index in [4.69, 9.17) is 0 Å². The van der Waals surface area contributed by atoms with Gasteiger partial charge in [-0.3, -0.25) is 0 Å². The SMILES string of the molecule is CCCCCCCCNC1CCN(S(C)(=O)=O)CC1. The number of rotatable bonds is 9. The second-order valence-corrected chi connectivity index (χ2v) is 7.64. The van der Waals surface area contributed by atoms with Gasteiger partial charge in [0.25, 0.3) is 0 Å². The van der Waals surface area contributed by atoms with Gasteiger partial charge in [0.1, 0.15) is 0 Å². The molecule has 4 nitrogen and oxygen atoms in total. The maximum Gasteiger partial charge on any atom is 0.211 e. The van der Waals surface area contributed by atoms with Crippen molar-refractivity contribution < 1.29 is 8.42 Å². The van der Waals surface area contributed by atoms with Crippen LogP contribution in [0.1, 0.15) is 58.3 Å². The second-order valence-electron chi connectivity index (χ2n) is 5.66. The highest BCUT2D eigenvalue weighted by molar-refractivity contribution is 7.88. The van der Waals surface area contributed by atoms with Crippen LogP contribution in [0.25, 0.3) is 0 Å². The van der Waals surface area contributed by atoms with Gasteiger partial charge in [-0.1, -0.05) is 39.0 Å². The van der Waals surface area contributed by atoms with Crippen LogP contribution in [0.15, 0.2) is 0 Å². The van der Waals surface area contributed by atoms with Gasteiger partial charge in [0.2, 0.25) is 10.0 Å². The Labute approximate surface area is 119 Å². The van der Waals surface area contributed by atoms with Crippen LogP contribution in [0.4, 0.5) is 0 Å². The predicted molar refractivity (Wildman–Crippen MR) is 80.8 cm³/mol. The average molecular weight is 290 g/mol. The molecule has 1 N–H and O–H groups in total. The van der Waals surface area contributed by atoms with E-state index in [0.717, 1.165) is 19.4 Å². The van der Waals surface area contributed by atoms with Crippen molar-refractivity contribution in [3.05, 3.63) is 0 Å². The molecule has 0 aromatic carbocycles. The largest absolute Gasteiger partial charge is 0.314 e. The number of nitrogens with zero attached hydrogens (tertiary/aromatic N) is 1. The van der Waals surface area contributed by atoms with Crippen LogP contribution in [0.5, 0.6) is 0 Å². The molecular formula is C14H30N2O2S. The molecule has 0 saturated carbocycles. The third-order valence-corrected chi connectivity index (χ3v) is 5.19. The molecule has 1 heterocycles. The van der Waals surface area contributed by atoms with E-state index in [1.54, 1.807) is 4.31 Å². The molecule has 114 valence electrons. The summed E-state index contributed by atoms with van der Waals surface area (Å²) >= 11 is 0. The molecule has 0 radical (unpaired) electrons. The van der Waals surface area contributed by atoms with Crippen molar-refractivity contribution in [1.29, 1.82) is 0 Å². The van der Waals surface area contributed by atoms with Crippen LogP contribution in [-0.4, -0.2) is 44.7 Å². The minimum atomic E-state index is -2.98. The van der Waals surface area contributed by atoms with E-state index in [1.165, 1.54) is 44.8 Å². The van der Waals surface area contributed by atoms with Gasteiger partial charge in [-0.05, 0) is 25.8 Å². The summed E-state index contributed by atoms with van der Waals surface area (Å²) in [4.78, 5) is 0. The van der Waals surface area contributed by atoms with E-state index in [-0.39, 0.29) is 0 Å². The highest BCUT2D eigenvalue weighted by Crippen LogP contribution is 2.13. The summed E-state index contributed by atoms with van der Waals surface area (Å²) in [6, 6.07) is 0.508. The van der Waals surface area contributed by atoms with Gasteiger partial charge in [-0.25, -0.2) is 12.7 Å². The van der Waals surface area contributed by atoms with Gasteiger partial charge in [-0.2, -0.15) is 0 Å². The molecule has 1 aliphatic heterocycles. The van der Waals surface area contributed by atoms with E-state index in [1.807, 2.05) is 0 Å². The van der Waals surface area contributed by atoms with E-state index in [9.17, 15) is 8.42 Å². The molecule has 0 spiro atoms. The van der Waals surface area contributed by atoms with Crippen LogP contribution in [-0.2, 0) is 10.0 Å². The van der Waals surface area contributed by atoms with Crippen molar-refractivity contribution in [2.24, 2.45) is 0 Å². The Morgan fingerprint density at radius 1 is 1.05 bits per heavy atom. The molecule has 19 heavy (non-hydrogen) atoms. The van der Waals surface area contributed by atoms with E-state index in [0.29, 0.717) is 19.1 Å². The van der Waals surface area contributed by atoms with Crippen molar-refractivity contribution in [1.82, 2.24) is 9.62 Å². The lowest BCUT2D eigenvalue weighted by Crippen LogP contribution is -2.44. The Morgan fingerprint density at radius 3 is 2.21 bits per heavy atom. The Balaban J connectivity index is 2.01. The normalized spacial score (nSPS) is 18.8.